The van der Waals surface area contributed by atoms with Crippen LogP contribution in [0.15, 0.2) is 24.4 Å². The lowest BCUT2D eigenvalue weighted by molar-refractivity contribution is 0.190. The van der Waals surface area contributed by atoms with E-state index in [2.05, 4.69) is 32.9 Å². The van der Waals surface area contributed by atoms with Gasteiger partial charge in [-0.15, -0.1) is 0 Å². The first-order valence-corrected chi connectivity index (χ1v) is 7.74. The highest BCUT2D eigenvalue weighted by molar-refractivity contribution is 14.1. The normalized spacial score (nSPS) is 12.4. The standard InChI is InChI=1S/C14H17ClIN3O/c1-9-7-19(13-5-4-11(16)6-12(13)15)14(17-9)18-10(2)8-20-3/h4-7,10H,8H2,1-3H3,(H,17,18). The van der Waals surface area contributed by atoms with Gasteiger partial charge in [-0.25, -0.2) is 4.98 Å². The molecule has 0 amide bonds. The minimum Gasteiger partial charge on any atom is -0.383 e. The van der Waals surface area contributed by atoms with E-state index in [0.717, 1.165) is 20.9 Å². The summed E-state index contributed by atoms with van der Waals surface area (Å²) in [4.78, 5) is 4.51. The molecule has 0 aliphatic rings. The van der Waals surface area contributed by atoms with E-state index in [4.69, 9.17) is 16.3 Å². The molecule has 0 saturated carbocycles. The summed E-state index contributed by atoms with van der Waals surface area (Å²) in [5.74, 6) is 0.773. The number of ether oxygens (including phenoxy) is 1. The van der Waals surface area contributed by atoms with E-state index in [0.29, 0.717) is 11.6 Å². The fraction of sp³-hybridized carbons (Fsp3) is 0.357. The van der Waals surface area contributed by atoms with E-state index in [1.54, 1.807) is 7.11 Å². The fourth-order valence-electron chi connectivity index (χ4n) is 1.97. The second kappa shape index (κ2) is 6.78. The first-order valence-electron chi connectivity index (χ1n) is 6.28. The Morgan fingerprint density at radius 2 is 2.25 bits per heavy atom. The summed E-state index contributed by atoms with van der Waals surface area (Å²) in [6, 6.07) is 6.13. The smallest absolute Gasteiger partial charge is 0.208 e. The number of benzene rings is 1. The largest absolute Gasteiger partial charge is 0.383 e. The molecule has 0 spiro atoms. The molecule has 2 aromatic rings. The molecule has 1 heterocycles. The van der Waals surface area contributed by atoms with Gasteiger partial charge in [0.25, 0.3) is 0 Å². The average molecular weight is 406 g/mol. The molecule has 1 unspecified atom stereocenters. The van der Waals surface area contributed by atoms with Gasteiger partial charge in [-0.05, 0) is 54.6 Å². The first kappa shape index (κ1) is 15.6. The lowest BCUT2D eigenvalue weighted by atomic mass is 10.3. The van der Waals surface area contributed by atoms with Crippen molar-refractivity contribution >= 4 is 40.1 Å². The minimum atomic E-state index is 0.170. The van der Waals surface area contributed by atoms with Crippen LogP contribution >= 0.6 is 34.2 Å². The Morgan fingerprint density at radius 1 is 1.50 bits per heavy atom. The number of aryl methyl sites for hydroxylation is 1. The summed E-state index contributed by atoms with van der Waals surface area (Å²) in [5.41, 5.74) is 1.85. The van der Waals surface area contributed by atoms with Crippen LogP contribution in [0.25, 0.3) is 5.69 Å². The topological polar surface area (TPSA) is 39.1 Å². The molecule has 1 aromatic carbocycles. The van der Waals surface area contributed by atoms with E-state index in [1.165, 1.54) is 0 Å². The number of halogens is 2. The molecule has 0 saturated heterocycles. The van der Waals surface area contributed by atoms with Crippen molar-refractivity contribution in [1.29, 1.82) is 0 Å². The van der Waals surface area contributed by atoms with Crippen LogP contribution in [0.4, 0.5) is 5.95 Å². The summed E-state index contributed by atoms with van der Waals surface area (Å²) in [6.07, 6.45) is 1.97. The second-order valence-electron chi connectivity index (χ2n) is 4.67. The van der Waals surface area contributed by atoms with E-state index in [9.17, 15) is 0 Å². The molecule has 0 radical (unpaired) electrons. The molecular weight excluding hydrogens is 389 g/mol. The van der Waals surface area contributed by atoms with Crippen molar-refractivity contribution in [3.8, 4) is 5.69 Å². The third-order valence-corrected chi connectivity index (χ3v) is 3.76. The molecule has 0 bridgehead atoms. The van der Waals surface area contributed by atoms with Gasteiger partial charge in [-0.2, -0.15) is 0 Å². The molecule has 1 aromatic heterocycles. The summed E-state index contributed by atoms with van der Waals surface area (Å²) >= 11 is 8.58. The van der Waals surface area contributed by atoms with Crippen molar-refractivity contribution in [3.63, 3.8) is 0 Å². The Kier molecular flexibility index (Phi) is 5.29. The highest BCUT2D eigenvalue weighted by Gasteiger charge is 2.12. The molecule has 6 heteroatoms. The highest BCUT2D eigenvalue weighted by atomic mass is 127. The molecule has 0 aliphatic heterocycles. The molecular formula is C14H17ClIN3O. The second-order valence-corrected chi connectivity index (χ2v) is 6.33. The Labute approximate surface area is 137 Å². The van der Waals surface area contributed by atoms with Crippen LogP contribution in [0.3, 0.4) is 0 Å². The van der Waals surface area contributed by atoms with E-state index >= 15 is 0 Å². The molecule has 0 fully saturated rings. The number of hydrogen-bond donors (Lipinski definition) is 1. The fourth-order valence-corrected chi connectivity index (χ4v) is 2.92. The van der Waals surface area contributed by atoms with Crippen LogP contribution in [-0.4, -0.2) is 29.3 Å². The maximum atomic E-state index is 6.34. The van der Waals surface area contributed by atoms with Crippen molar-refractivity contribution in [2.24, 2.45) is 0 Å². The molecule has 4 nitrogen and oxygen atoms in total. The van der Waals surface area contributed by atoms with Gasteiger partial charge in [-0.1, -0.05) is 11.6 Å². The molecule has 20 heavy (non-hydrogen) atoms. The maximum Gasteiger partial charge on any atom is 0.208 e. The van der Waals surface area contributed by atoms with Gasteiger partial charge in [0.05, 0.1) is 23.0 Å². The molecule has 108 valence electrons. The predicted octanol–water partition coefficient (Wildman–Crippen LogP) is 3.89. The van der Waals surface area contributed by atoms with Crippen molar-refractivity contribution in [1.82, 2.24) is 9.55 Å². The van der Waals surface area contributed by atoms with Gasteiger partial charge >= 0.3 is 0 Å². The van der Waals surface area contributed by atoms with E-state index in [-0.39, 0.29) is 6.04 Å². The predicted molar refractivity (Wildman–Crippen MR) is 91.0 cm³/mol. The van der Waals surface area contributed by atoms with Crippen molar-refractivity contribution in [3.05, 3.63) is 38.7 Å². The SMILES string of the molecule is COCC(C)Nc1nc(C)cn1-c1ccc(I)cc1Cl. The first-order chi connectivity index (χ1) is 9.51. The third-order valence-electron chi connectivity index (χ3n) is 2.79. The highest BCUT2D eigenvalue weighted by Crippen LogP contribution is 2.26. The Hall–Kier alpha value is -0.790. The monoisotopic (exact) mass is 405 g/mol. The van der Waals surface area contributed by atoms with Crippen LogP contribution in [0, 0.1) is 10.5 Å². The van der Waals surface area contributed by atoms with Gasteiger partial charge in [0.2, 0.25) is 5.95 Å². The lowest BCUT2D eigenvalue weighted by Gasteiger charge is -2.16. The van der Waals surface area contributed by atoms with Crippen LogP contribution in [0.5, 0.6) is 0 Å². The molecule has 1 atom stereocenters. The van der Waals surface area contributed by atoms with Gasteiger partial charge in [-0.3, -0.25) is 4.57 Å². The number of methoxy groups -OCH3 is 1. The van der Waals surface area contributed by atoms with Crippen molar-refractivity contribution in [2.45, 2.75) is 19.9 Å². The zero-order valence-electron chi connectivity index (χ0n) is 11.7. The summed E-state index contributed by atoms with van der Waals surface area (Å²) < 4.78 is 8.22. The number of imidazole rings is 1. The van der Waals surface area contributed by atoms with Crippen LogP contribution < -0.4 is 5.32 Å². The Morgan fingerprint density at radius 3 is 2.90 bits per heavy atom. The Balaban J connectivity index is 2.36. The van der Waals surface area contributed by atoms with Gasteiger partial charge in [0.15, 0.2) is 0 Å². The zero-order valence-corrected chi connectivity index (χ0v) is 14.6. The number of aromatic nitrogens is 2. The molecule has 2 rings (SSSR count). The summed E-state index contributed by atoms with van der Waals surface area (Å²) in [5, 5.41) is 4.04. The van der Waals surface area contributed by atoms with Crippen molar-refractivity contribution < 1.29 is 4.74 Å². The Bertz CT molecular complexity index is 600. The third kappa shape index (κ3) is 3.65. The quantitative estimate of drug-likeness (QED) is 0.767. The summed E-state index contributed by atoms with van der Waals surface area (Å²) in [7, 11) is 1.69. The maximum absolute atomic E-state index is 6.34. The van der Waals surface area contributed by atoms with Gasteiger partial charge in [0.1, 0.15) is 0 Å². The molecule has 1 N–H and O–H groups in total. The number of rotatable bonds is 5. The molecule has 0 aliphatic carbocycles. The number of anilines is 1. The van der Waals surface area contributed by atoms with Gasteiger partial charge in [0, 0.05) is 22.9 Å². The number of nitrogens with zero attached hydrogens (tertiary/aromatic N) is 2. The van der Waals surface area contributed by atoms with Crippen LogP contribution in [-0.2, 0) is 4.74 Å². The average Bonchev–Trinajstić information content (AvgIpc) is 2.70. The summed E-state index contributed by atoms with van der Waals surface area (Å²) in [6.45, 7) is 4.63. The van der Waals surface area contributed by atoms with Gasteiger partial charge < -0.3 is 10.1 Å². The minimum absolute atomic E-state index is 0.170. The lowest BCUT2D eigenvalue weighted by Crippen LogP contribution is -2.22. The van der Waals surface area contributed by atoms with Crippen molar-refractivity contribution in [2.75, 3.05) is 19.0 Å². The number of hydrogen-bond acceptors (Lipinski definition) is 3. The number of nitrogens with one attached hydrogen (secondary N) is 1. The van der Waals surface area contributed by atoms with E-state index in [1.807, 2.05) is 42.8 Å². The van der Waals surface area contributed by atoms with Crippen LogP contribution in [0.1, 0.15) is 12.6 Å². The zero-order chi connectivity index (χ0) is 14.7. The van der Waals surface area contributed by atoms with E-state index < -0.39 is 0 Å². The van der Waals surface area contributed by atoms with Crippen LogP contribution in [0.2, 0.25) is 5.02 Å².